The van der Waals surface area contributed by atoms with E-state index in [1.807, 2.05) is 13.8 Å². The number of nitrogens with zero attached hydrogens (tertiary/aromatic N) is 2. The van der Waals surface area contributed by atoms with Crippen molar-refractivity contribution in [3.63, 3.8) is 0 Å². The van der Waals surface area contributed by atoms with E-state index in [1.54, 1.807) is 0 Å². The molecular formula is C14H21N3OS. The van der Waals surface area contributed by atoms with E-state index in [-0.39, 0.29) is 5.12 Å². The van der Waals surface area contributed by atoms with Crippen LogP contribution in [0.2, 0.25) is 0 Å². The summed E-state index contributed by atoms with van der Waals surface area (Å²) in [5.74, 6) is 1.34. The quantitative estimate of drug-likeness (QED) is 0.658. The van der Waals surface area contributed by atoms with Gasteiger partial charge in [0.15, 0.2) is 0 Å². The third kappa shape index (κ3) is 3.69. The Hall–Kier alpha value is -1.10. The molecular weight excluding hydrogens is 258 g/mol. The molecule has 0 unspecified atom stereocenters. The van der Waals surface area contributed by atoms with E-state index in [9.17, 15) is 4.79 Å². The molecule has 0 saturated heterocycles. The first-order valence-corrected chi connectivity index (χ1v) is 7.37. The topological polar surface area (TPSA) is 54.9 Å². The van der Waals surface area contributed by atoms with Crippen LogP contribution in [-0.4, -0.2) is 21.1 Å². The van der Waals surface area contributed by atoms with Crippen LogP contribution < -0.4 is 5.32 Å². The summed E-state index contributed by atoms with van der Waals surface area (Å²) in [5, 5.41) is 3.16. The molecule has 1 heterocycles. The smallest absolute Gasteiger partial charge is 0.221 e. The van der Waals surface area contributed by atoms with Crippen LogP contribution in [0.15, 0.2) is 0 Å². The first-order chi connectivity index (χ1) is 9.08. The molecule has 1 N–H and O–H groups in total. The van der Waals surface area contributed by atoms with Gasteiger partial charge < -0.3 is 5.32 Å². The van der Waals surface area contributed by atoms with Crippen LogP contribution in [0.1, 0.15) is 60.4 Å². The third-order valence-corrected chi connectivity index (χ3v) is 3.84. The molecule has 2 rings (SSSR count). The van der Waals surface area contributed by atoms with E-state index >= 15 is 0 Å². The minimum atomic E-state index is -0.270. The summed E-state index contributed by atoms with van der Waals surface area (Å²) >= 11 is 3.94. The molecule has 0 atom stereocenters. The second-order valence-corrected chi connectivity index (χ2v) is 5.62. The average molecular weight is 279 g/mol. The van der Waals surface area contributed by atoms with Crippen LogP contribution in [-0.2, 0) is 0 Å². The lowest BCUT2D eigenvalue weighted by atomic mass is 10.1. The number of rotatable bonds is 3. The van der Waals surface area contributed by atoms with E-state index in [0.29, 0.717) is 28.9 Å². The largest absolute Gasteiger partial charge is 0.367 e. The Bertz CT molecular complexity index is 468. The summed E-state index contributed by atoms with van der Waals surface area (Å²) in [7, 11) is 0. The third-order valence-electron chi connectivity index (χ3n) is 3.61. The average Bonchev–Trinajstić information content (AvgIpc) is 2.56. The zero-order valence-electron chi connectivity index (χ0n) is 11.6. The van der Waals surface area contributed by atoms with Crippen LogP contribution in [0.4, 0.5) is 5.82 Å². The highest BCUT2D eigenvalue weighted by molar-refractivity contribution is 7.97. The van der Waals surface area contributed by atoms with Crippen molar-refractivity contribution in [3.05, 3.63) is 17.1 Å². The van der Waals surface area contributed by atoms with Crippen molar-refractivity contribution in [1.82, 2.24) is 9.97 Å². The first-order valence-electron chi connectivity index (χ1n) is 6.93. The van der Waals surface area contributed by atoms with Crippen LogP contribution in [0.5, 0.6) is 0 Å². The summed E-state index contributed by atoms with van der Waals surface area (Å²) in [6.07, 6.45) is 7.37. The second kappa shape index (κ2) is 6.37. The normalized spacial score (nSPS) is 17.0. The molecule has 0 amide bonds. The zero-order chi connectivity index (χ0) is 13.8. The highest BCUT2D eigenvalue weighted by Gasteiger charge is 2.19. The predicted octanol–water partition coefficient (Wildman–Crippen LogP) is 3.30. The van der Waals surface area contributed by atoms with Gasteiger partial charge in [0.1, 0.15) is 11.6 Å². The van der Waals surface area contributed by atoms with Crippen molar-refractivity contribution < 1.29 is 4.79 Å². The minimum absolute atomic E-state index is 0.270. The number of carbonyl (C=O) groups is 1. The Labute approximate surface area is 119 Å². The van der Waals surface area contributed by atoms with Crippen molar-refractivity contribution in [3.8, 4) is 0 Å². The predicted molar refractivity (Wildman–Crippen MR) is 79.9 cm³/mol. The molecule has 4 nitrogen and oxygen atoms in total. The SMILES string of the molecule is Cc1nc(C)c(C(=O)S)c(NC2CCCCCC2)n1. The van der Waals surface area contributed by atoms with Gasteiger partial charge >= 0.3 is 0 Å². The molecule has 0 radical (unpaired) electrons. The molecule has 1 saturated carbocycles. The maximum Gasteiger partial charge on any atom is 0.221 e. The summed E-state index contributed by atoms with van der Waals surface area (Å²) < 4.78 is 0. The minimum Gasteiger partial charge on any atom is -0.367 e. The first kappa shape index (κ1) is 14.3. The number of aromatic nitrogens is 2. The van der Waals surface area contributed by atoms with E-state index in [4.69, 9.17) is 0 Å². The van der Waals surface area contributed by atoms with Gasteiger partial charge in [-0.15, -0.1) is 12.6 Å². The molecule has 0 aliphatic heterocycles. The van der Waals surface area contributed by atoms with Gasteiger partial charge in [0.2, 0.25) is 5.12 Å². The number of hydrogen-bond acceptors (Lipinski definition) is 4. The molecule has 0 aromatic carbocycles. The maximum absolute atomic E-state index is 11.7. The highest BCUT2D eigenvalue weighted by Crippen LogP contribution is 2.24. The van der Waals surface area contributed by atoms with Gasteiger partial charge in [-0.3, -0.25) is 4.79 Å². The number of thiol groups is 1. The molecule has 5 heteroatoms. The molecule has 1 aliphatic carbocycles. The van der Waals surface area contributed by atoms with Gasteiger partial charge in [-0.05, 0) is 26.7 Å². The fraction of sp³-hybridized carbons (Fsp3) is 0.643. The number of anilines is 1. The number of hydrogen-bond donors (Lipinski definition) is 2. The molecule has 1 aliphatic rings. The second-order valence-electron chi connectivity index (χ2n) is 5.22. The van der Waals surface area contributed by atoms with Crippen molar-refractivity contribution in [2.45, 2.75) is 58.4 Å². The van der Waals surface area contributed by atoms with Gasteiger partial charge in [-0.2, -0.15) is 0 Å². The summed E-state index contributed by atoms with van der Waals surface area (Å²) in [5.41, 5.74) is 1.21. The maximum atomic E-state index is 11.7. The van der Waals surface area contributed by atoms with Crippen LogP contribution in [0.25, 0.3) is 0 Å². The van der Waals surface area contributed by atoms with E-state index in [2.05, 4.69) is 27.9 Å². The summed E-state index contributed by atoms with van der Waals surface area (Å²) in [6, 6.07) is 0.405. The van der Waals surface area contributed by atoms with Gasteiger partial charge in [0.05, 0.1) is 11.3 Å². The molecule has 19 heavy (non-hydrogen) atoms. The summed E-state index contributed by atoms with van der Waals surface area (Å²) in [4.78, 5) is 20.3. The van der Waals surface area contributed by atoms with Crippen LogP contribution in [0.3, 0.4) is 0 Å². The van der Waals surface area contributed by atoms with Gasteiger partial charge in [-0.25, -0.2) is 9.97 Å². The molecule has 1 aromatic heterocycles. The number of nitrogens with one attached hydrogen (secondary N) is 1. The monoisotopic (exact) mass is 279 g/mol. The lowest BCUT2D eigenvalue weighted by Crippen LogP contribution is -2.22. The van der Waals surface area contributed by atoms with Crippen LogP contribution >= 0.6 is 12.6 Å². The van der Waals surface area contributed by atoms with Gasteiger partial charge in [-0.1, -0.05) is 25.7 Å². The number of aryl methyl sites for hydroxylation is 2. The standard InChI is InChI=1S/C14H21N3OS/c1-9-12(14(18)19)13(16-10(2)15-9)17-11-7-5-3-4-6-8-11/h11H,3-8H2,1-2H3,(H,18,19)(H,15,16,17). The molecule has 0 bridgehead atoms. The molecule has 1 fully saturated rings. The summed E-state index contributed by atoms with van der Waals surface area (Å²) in [6.45, 7) is 3.68. The van der Waals surface area contributed by atoms with Crippen molar-refractivity contribution in [2.24, 2.45) is 0 Å². The van der Waals surface area contributed by atoms with E-state index in [1.165, 1.54) is 25.7 Å². The van der Waals surface area contributed by atoms with Crippen molar-refractivity contribution in [2.75, 3.05) is 5.32 Å². The Morgan fingerprint density at radius 3 is 2.37 bits per heavy atom. The molecule has 104 valence electrons. The van der Waals surface area contributed by atoms with Crippen LogP contribution in [0, 0.1) is 13.8 Å². The number of carbonyl (C=O) groups excluding carboxylic acids is 1. The molecule has 0 spiro atoms. The lowest BCUT2D eigenvalue weighted by molar-refractivity contribution is 0.109. The Morgan fingerprint density at radius 1 is 1.16 bits per heavy atom. The van der Waals surface area contributed by atoms with Crippen molar-refractivity contribution >= 4 is 23.6 Å². The lowest BCUT2D eigenvalue weighted by Gasteiger charge is -2.19. The Balaban J connectivity index is 2.24. The van der Waals surface area contributed by atoms with Crippen molar-refractivity contribution in [1.29, 1.82) is 0 Å². The van der Waals surface area contributed by atoms with E-state index < -0.39 is 0 Å². The Morgan fingerprint density at radius 2 is 1.79 bits per heavy atom. The van der Waals surface area contributed by atoms with Gasteiger partial charge in [0.25, 0.3) is 0 Å². The van der Waals surface area contributed by atoms with Gasteiger partial charge in [0, 0.05) is 6.04 Å². The molecule has 1 aromatic rings. The highest BCUT2D eigenvalue weighted by atomic mass is 32.1. The fourth-order valence-electron chi connectivity index (χ4n) is 2.69. The zero-order valence-corrected chi connectivity index (χ0v) is 12.5. The fourth-order valence-corrected chi connectivity index (χ4v) is 2.96. The van der Waals surface area contributed by atoms with E-state index in [0.717, 1.165) is 12.8 Å². The Kier molecular flexibility index (Phi) is 4.80.